The highest BCUT2D eigenvalue weighted by Gasteiger charge is 2.24. The lowest BCUT2D eigenvalue weighted by molar-refractivity contribution is -0.123. The predicted molar refractivity (Wildman–Crippen MR) is 107 cm³/mol. The minimum Gasteiger partial charge on any atom is -0.448 e. The van der Waals surface area contributed by atoms with Gasteiger partial charge in [0.15, 0.2) is 6.10 Å². The van der Waals surface area contributed by atoms with Gasteiger partial charge in [-0.1, -0.05) is 42.5 Å². The summed E-state index contributed by atoms with van der Waals surface area (Å²) >= 11 is 1.22. The fourth-order valence-corrected chi connectivity index (χ4v) is 3.37. The largest absolute Gasteiger partial charge is 0.448 e. The van der Waals surface area contributed by atoms with Gasteiger partial charge in [-0.15, -0.1) is 11.3 Å². The van der Waals surface area contributed by atoms with Crippen molar-refractivity contribution >= 4 is 28.9 Å². The minimum atomic E-state index is -1.04. The molecule has 7 heteroatoms. The summed E-state index contributed by atoms with van der Waals surface area (Å²) in [6.07, 6.45) is -1.04. The van der Waals surface area contributed by atoms with Crippen molar-refractivity contribution in [3.63, 3.8) is 0 Å². The van der Waals surface area contributed by atoms with E-state index in [2.05, 4.69) is 10.3 Å². The van der Waals surface area contributed by atoms with E-state index in [-0.39, 0.29) is 0 Å². The highest BCUT2D eigenvalue weighted by atomic mass is 32.1. The monoisotopic (exact) mass is 391 g/mol. The number of nitriles is 1. The molecule has 1 atom stereocenters. The summed E-state index contributed by atoms with van der Waals surface area (Å²) < 4.78 is 5.36. The number of nitrogens with one attached hydrogen (secondary N) is 1. The fourth-order valence-electron chi connectivity index (χ4n) is 2.55. The SMILES string of the molecule is Cc1nc(-c2ccccc2)c(C(=O)O[C@@H](C)C(=O)Nc2ccccc2C#N)s1. The molecule has 28 heavy (non-hydrogen) atoms. The van der Waals surface area contributed by atoms with Crippen molar-refractivity contribution in [3.05, 3.63) is 70.0 Å². The maximum absolute atomic E-state index is 12.7. The van der Waals surface area contributed by atoms with E-state index < -0.39 is 18.0 Å². The molecule has 0 saturated heterocycles. The van der Waals surface area contributed by atoms with Crippen molar-refractivity contribution in [1.82, 2.24) is 4.98 Å². The number of ether oxygens (including phenoxy) is 1. The van der Waals surface area contributed by atoms with Crippen LogP contribution in [0.1, 0.15) is 27.2 Å². The molecule has 1 N–H and O–H groups in total. The zero-order valence-corrected chi connectivity index (χ0v) is 16.1. The summed E-state index contributed by atoms with van der Waals surface area (Å²) in [4.78, 5) is 29.8. The second-order valence-electron chi connectivity index (χ2n) is 5.97. The molecule has 2 aromatic carbocycles. The van der Waals surface area contributed by atoms with Crippen molar-refractivity contribution in [1.29, 1.82) is 5.26 Å². The molecule has 1 aromatic heterocycles. The molecule has 0 fully saturated rings. The summed E-state index contributed by atoms with van der Waals surface area (Å²) in [6, 6.07) is 18.0. The molecule has 0 bridgehead atoms. The summed E-state index contributed by atoms with van der Waals surface area (Å²) in [6.45, 7) is 3.29. The topological polar surface area (TPSA) is 92.1 Å². The number of aromatic nitrogens is 1. The Hall–Kier alpha value is -3.50. The number of anilines is 1. The average molecular weight is 391 g/mol. The average Bonchev–Trinajstić information content (AvgIpc) is 3.11. The molecule has 0 unspecified atom stereocenters. The Bertz CT molecular complexity index is 1050. The Labute approximate surface area is 166 Å². The van der Waals surface area contributed by atoms with E-state index in [1.54, 1.807) is 24.3 Å². The Morgan fingerprint density at radius 2 is 1.82 bits per heavy atom. The van der Waals surface area contributed by atoms with Crippen LogP contribution in [0.15, 0.2) is 54.6 Å². The van der Waals surface area contributed by atoms with Crippen LogP contribution in [0.2, 0.25) is 0 Å². The summed E-state index contributed by atoms with van der Waals surface area (Å²) in [5, 5.41) is 12.5. The standard InChI is InChI=1S/C21H17N3O3S/c1-13(20(25)24-17-11-7-6-10-16(17)12-22)27-21(26)19-18(23-14(2)28-19)15-8-4-3-5-9-15/h3-11,13H,1-2H3,(H,24,25)/t13-/m0/s1. The lowest BCUT2D eigenvalue weighted by atomic mass is 10.1. The van der Waals surface area contributed by atoms with Gasteiger partial charge < -0.3 is 10.1 Å². The van der Waals surface area contributed by atoms with Crippen LogP contribution < -0.4 is 5.32 Å². The highest BCUT2D eigenvalue weighted by molar-refractivity contribution is 7.14. The lowest BCUT2D eigenvalue weighted by Crippen LogP contribution is -2.30. The van der Waals surface area contributed by atoms with Gasteiger partial charge in [0.25, 0.3) is 5.91 Å². The van der Waals surface area contributed by atoms with Crippen LogP contribution in [0, 0.1) is 18.3 Å². The molecular weight excluding hydrogens is 374 g/mol. The normalized spacial score (nSPS) is 11.3. The van der Waals surface area contributed by atoms with Gasteiger partial charge in [-0.25, -0.2) is 9.78 Å². The lowest BCUT2D eigenvalue weighted by Gasteiger charge is -2.14. The van der Waals surface area contributed by atoms with Gasteiger partial charge in [0.1, 0.15) is 10.9 Å². The van der Waals surface area contributed by atoms with Crippen LogP contribution in [0.5, 0.6) is 0 Å². The van der Waals surface area contributed by atoms with Crippen LogP contribution in [-0.4, -0.2) is 23.0 Å². The van der Waals surface area contributed by atoms with Crippen LogP contribution in [0.3, 0.4) is 0 Å². The van der Waals surface area contributed by atoms with Crippen molar-refractivity contribution in [2.24, 2.45) is 0 Å². The van der Waals surface area contributed by atoms with Crippen molar-refractivity contribution < 1.29 is 14.3 Å². The molecule has 0 radical (unpaired) electrons. The van der Waals surface area contributed by atoms with Gasteiger partial charge in [-0.2, -0.15) is 5.26 Å². The Morgan fingerprint density at radius 3 is 2.54 bits per heavy atom. The Kier molecular flexibility index (Phi) is 5.82. The van der Waals surface area contributed by atoms with Crippen LogP contribution in [-0.2, 0) is 9.53 Å². The quantitative estimate of drug-likeness (QED) is 0.659. The number of esters is 1. The maximum atomic E-state index is 12.7. The number of benzene rings is 2. The van der Waals surface area contributed by atoms with Crippen LogP contribution in [0.25, 0.3) is 11.3 Å². The number of hydrogen-bond acceptors (Lipinski definition) is 6. The number of rotatable bonds is 5. The van der Waals surface area contributed by atoms with E-state index in [1.807, 2.05) is 43.3 Å². The number of thiazole rings is 1. The van der Waals surface area contributed by atoms with Gasteiger partial charge in [0, 0.05) is 5.56 Å². The molecule has 140 valence electrons. The Balaban J connectivity index is 1.75. The van der Waals surface area contributed by atoms with Gasteiger partial charge >= 0.3 is 5.97 Å². The van der Waals surface area contributed by atoms with Crippen LogP contribution in [0.4, 0.5) is 5.69 Å². The van der Waals surface area contributed by atoms with Crippen molar-refractivity contribution in [3.8, 4) is 17.3 Å². The van der Waals surface area contributed by atoms with E-state index in [1.165, 1.54) is 18.3 Å². The third kappa shape index (κ3) is 4.24. The maximum Gasteiger partial charge on any atom is 0.351 e. The first kappa shape index (κ1) is 19.3. The molecule has 1 heterocycles. The predicted octanol–water partition coefficient (Wildman–Crippen LogP) is 4.17. The second-order valence-corrected chi connectivity index (χ2v) is 7.17. The van der Waals surface area contributed by atoms with E-state index in [4.69, 9.17) is 10.00 Å². The van der Waals surface area contributed by atoms with Gasteiger partial charge in [0.05, 0.1) is 22.0 Å². The zero-order valence-electron chi connectivity index (χ0n) is 15.3. The molecular formula is C21H17N3O3S. The van der Waals surface area contributed by atoms with E-state index >= 15 is 0 Å². The zero-order chi connectivity index (χ0) is 20.1. The van der Waals surface area contributed by atoms with Gasteiger partial charge in [-0.05, 0) is 26.0 Å². The number of carbonyl (C=O) groups excluding carboxylic acids is 2. The smallest absolute Gasteiger partial charge is 0.351 e. The summed E-state index contributed by atoms with van der Waals surface area (Å²) in [7, 11) is 0. The van der Waals surface area contributed by atoms with Gasteiger partial charge in [-0.3, -0.25) is 4.79 Å². The highest BCUT2D eigenvalue weighted by Crippen LogP contribution is 2.29. The van der Waals surface area contributed by atoms with E-state index in [9.17, 15) is 9.59 Å². The molecule has 0 aliphatic rings. The first-order chi connectivity index (χ1) is 13.5. The number of nitrogens with zero attached hydrogens (tertiary/aromatic N) is 2. The van der Waals surface area contributed by atoms with Gasteiger partial charge in [0.2, 0.25) is 0 Å². The third-order valence-electron chi connectivity index (χ3n) is 3.93. The van der Waals surface area contributed by atoms with Crippen molar-refractivity contribution in [2.45, 2.75) is 20.0 Å². The molecule has 1 amide bonds. The van der Waals surface area contributed by atoms with Crippen LogP contribution >= 0.6 is 11.3 Å². The first-order valence-corrected chi connectivity index (χ1v) is 9.35. The molecule has 0 aliphatic heterocycles. The number of aryl methyl sites for hydroxylation is 1. The third-order valence-corrected chi connectivity index (χ3v) is 4.88. The molecule has 0 aliphatic carbocycles. The minimum absolute atomic E-state index is 0.332. The molecule has 3 aromatic rings. The number of carbonyl (C=O) groups is 2. The van der Waals surface area contributed by atoms with Crippen molar-refractivity contribution in [2.75, 3.05) is 5.32 Å². The molecule has 0 saturated carbocycles. The Morgan fingerprint density at radius 1 is 1.14 bits per heavy atom. The second kappa shape index (κ2) is 8.46. The molecule has 0 spiro atoms. The first-order valence-electron chi connectivity index (χ1n) is 8.53. The number of para-hydroxylation sites is 1. The summed E-state index contributed by atoms with van der Waals surface area (Å²) in [5.74, 6) is -1.13. The molecule has 3 rings (SSSR count). The van der Waals surface area contributed by atoms with E-state index in [0.29, 0.717) is 21.8 Å². The summed E-state index contributed by atoms with van der Waals surface area (Å²) in [5.41, 5.74) is 2.05. The number of amides is 1. The fraction of sp³-hybridized carbons (Fsp3) is 0.143. The number of hydrogen-bond donors (Lipinski definition) is 1. The molecule has 6 nitrogen and oxygen atoms in total. The van der Waals surface area contributed by atoms with E-state index in [0.717, 1.165) is 10.6 Å².